The van der Waals surface area contributed by atoms with E-state index in [9.17, 15) is 0 Å². The van der Waals surface area contributed by atoms with E-state index in [1.165, 1.54) is 70.3 Å². The normalized spacial score (nSPS) is 20.2. The van der Waals surface area contributed by atoms with Crippen molar-refractivity contribution < 1.29 is 4.74 Å². The van der Waals surface area contributed by atoms with Crippen LogP contribution in [0.2, 0.25) is 0 Å². The van der Waals surface area contributed by atoms with E-state index in [4.69, 9.17) is 9.73 Å². The monoisotopic (exact) mass is 537 g/mol. The van der Waals surface area contributed by atoms with Crippen molar-refractivity contribution in [2.24, 2.45) is 22.7 Å². The number of rotatable bonds is 11. The maximum absolute atomic E-state index is 5.64. The second kappa shape index (κ2) is 14.3. The minimum absolute atomic E-state index is 0.300. The van der Waals surface area contributed by atoms with E-state index in [1.807, 2.05) is 7.11 Å². The first-order chi connectivity index (χ1) is 19.4. The van der Waals surface area contributed by atoms with Crippen LogP contribution in [-0.2, 0) is 11.2 Å². The predicted molar refractivity (Wildman–Crippen MR) is 173 cm³/mol. The van der Waals surface area contributed by atoms with Gasteiger partial charge in [0.25, 0.3) is 0 Å². The number of hydrogen-bond donors (Lipinski definition) is 0. The minimum atomic E-state index is 0.300. The fraction of sp³-hybridized carbons (Fsp3) is 0.500. The average molecular weight is 538 g/mol. The summed E-state index contributed by atoms with van der Waals surface area (Å²) in [7, 11) is 1.82. The van der Waals surface area contributed by atoms with Crippen molar-refractivity contribution in [1.29, 1.82) is 0 Å². The standard InChI is InChI=1S/C38H51NO/c1-8-30-23-35(19-18-26(30)3)34-20-21-37(27(4)22-34)38(36(9-2)28(5)25-40-7)39-29(6)32-16-13-17-33(24-32)31-14-11-10-12-15-31/h10-12,14-15,18-23,28-29,32-33,36H,8-9,13,16-17,24-25H2,1-7H3/t28-,29?,32?,33?,36?/m0/s1. The Bertz CT molecular complexity index is 1260. The molecule has 1 fully saturated rings. The van der Waals surface area contributed by atoms with Crippen LogP contribution in [0, 0.1) is 31.6 Å². The molecule has 214 valence electrons. The molecule has 0 radical (unpaired) electrons. The molecule has 0 spiro atoms. The van der Waals surface area contributed by atoms with Crippen molar-refractivity contribution >= 4 is 5.71 Å². The Labute approximate surface area is 244 Å². The molecule has 1 saturated carbocycles. The number of aliphatic imine (C=N–C) groups is 1. The van der Waals surface area contributed by atoms with Crippen LogP contribution in [0.1, 0.15) is 93.5 Å². The number of aryl methyl sites for hydroxylation is 3. The van der Waals surface area contributed by atoms with Crippen LogP contribution in [0.5, 0.6) is 0 Å². The Morgan fingerprint density at radius 1 is 0.900 bits per heavy atom. The van der Waals surface area contributed by atoms with Gasteiger partial charge in [0.05, 0.1) is 6.04 Å². The first-order valence-electron chi connectivity index (χ1n) is 15.7. The van der Waals surface area contributed by atoms with Crippen LogP contribution in [0.15, 0.2) is 71.7 Å². The number of methoxy groups -OCH3 is 1. The number of ether oxygens (including phenoxy) is 1. The minimum Gasteiger partial charge on any atom is -0.384 e. The van der Waals surface area contributed by atoms with E-state index in [0.29, 0.717) is 29.7 Å². The molecule has 0 amide bonds. The van der Waals surface area contributed by atoms with Gasteiger partial charge in [-0.25, -0.2) is 0 Å². The third-order valence-corrected chi connectivity index (χ3v) is 9.48. The van der Waals surface area contributed by atoms with Gasteiger partial charge in [-0.15, -0.1) is 0 Å². The van der Waals surface area contributed by atoms with Gasteiger partial charge in [-0.05, 0) is 110 Å². The average Bonchev–Trinajstić information content (AvgIpc) is 2.98. The van der Waals surface area contributed by atoms with Gasteiger partial charge < -0.3 is 4.74 Å². The third-order valence-electron chi connectivity index (χ3n) is 9.48. The summed E-state index contributed by atoms with van der Waals surface area (Å²) in [5, 5.41) is 0. The van der Waals surface area contributed by atoms with Crippen molar-refractivity contribution in [3.8, 4) is 11.1 Å². The van der Waals surface area contributed by atoms with Crippen molar-refractivity contribution in [1.82, 2.24) is 0 Å². The zero-order valence-electron chi connectivity index (χ0n) is 26.0. The molecule has 4 rings (SSSR count). The van der Waals surface area contributed by atoms with E-state index >= 15 is 0 Å². The lowest BCUT2D eigenvalue weighted by molar-refractivity contribution is 0.143. The molecule has 3 aromatic rings. The van der Waals surface area contributed by atoms with Crippen molar-refractivity contribution in [2.45, 2.75) is 92.0 Å². The molecule has 40 heavy (non-hydrogen) atoms. The molecule has 0 heterocycles. The van der Waals surface area contributed by atoms with Crippen LogP contribution in [0.4, 0.5) is 0 Å². The van der Waals surface area contributed by atoms with E-state index in [0.717, 1.165) is 19.4 Å². The molecule has 5 atom stereocenters. The number of benzene rings is 3. The number of hydrogen-bond acceptors (Lipinski definition) is 2. The fourth-order valence-corrected chi connectivity index (χ4v) is 6.99. The lowest BCUT2D eigenvalue weighted by Crippen LogP contribution is -2.30. The highest BCUT2D eigenvalue weighted by Gasteiger charge is 2.30. The summed E-state index contributed by atoms with van der Waals surface area (Å²) < 4.78 is 5.64. The molecule has 0 aromatic heterocycles. The SMILES string of the molecule is CCc1cc(-c2ccc(C(=NC(C)C3CCCC(c4ccccc4)C3)C(CC)[C@@H](C)COC)c(C)c2)ccc1C. The zero-order valence-corrected chi connectivity index (χ0v) is 26.0. The molecule has 4 unspecified atom stereocenters. The maximum Gasteiger partial charge on any atom is 0.0503 e. The first kappa shape index (κ1) is 30.3. The Morgan fingerprint density at radius 2 is 1.62 bits per heavy atom. The van der Waals surface area contributed by atoms with Crippen molar-refractivity contribution in [3.63, 3.8) is 0 Å². The first-order valence-corrected chi connectivity index (χ1v) is 15.7. The third kappa shape index (κ3) is 7.13. The lowest BCUT2D eigenvalue weighted by Gasteiger charge is -2.33. The summed E-state index contributed by atoms with van der Waals surface area (Å²) >= 11 is 0. The molecule has 3 aromatic carbocycles. The van der Waals surface area contributed by atoms with Crippen LogP contribution in [-0.4, -0.2) is 25.5 Å². The fourth-order valence-electron chi connectivity index (χ4n) is 6.99. The molecule has 0 bridgehead atoms. The van der Waals surface area contributed by atoms with Crippen LogP contribution >= 0.6 is 0 Å². The smallest absolute Gasteiger partial charge is 0.0503 e. The Hall–Kier alpha value is -2.71. The van der Waals surface area contributed by atoms with Gasteiger partial charge >= 0.3 is 0 Å². The summed E-state index contributed by atoms with van der Waals surface area (Å²) in [6, 6.07) is 25.4. The molecule has 0 N–H and O–H groups in total. The molecule has 0 saturated heterocycles. The molecule has 1 aliphatic rings. The highest BCUT2D eigenvalue weighted by Crippen LogP contribution is 2.39. The summed E-state index contributed by atoms with van der Waals surface area (Å²) in [5.74, 6) is 2.04. The van der Waals surface area contributed by atoms with Gasteiger partial charge in [-0.2, -0.15) is 0 Å². The van der Waals surface area contributed by atoms with Gasteiger partial charge in [0.15, 0.2) is 0 Å². The summed E-state index contributed by atoms with van der Waals surface area (Å²) in [6.07, 6.45) is 7.22. The highest BCUT2D eigenvalue weighted by molar-refractivity contribution is 6.04. The molecule has 1 aliphatic carbocycles. The topological polar surface area (TPSA) is 21.6 Å². The van der Waals surface area contributed by atoms with Gasteiger partial charge in [-0.1, -0.05) is 93.9 Å². The zero-order chi connectivity index (χ0) is 28.6. The molecular formula is C38H51NO. The van der Waals surface area contributed by atoms with Gasteiger partial charge in [0, 0.05) is 25.3 Å². The summed E-state index contributed by atoms with van der Waals surface area (Å²) in [4.78, 5) is 5.64. The lowest BCUT2D eigenvalue weighted by atomic mass is 9.75. The van der Waals surface area contributed by atoms with Crippen molar-refractivity contribution in [2.75, 3.05) is 13.7 Å². The van der Waals surface area contributed by atoms with Crippen LogP contribution in [0.25, 0.3) is 11.1 Å². The largest absolute Gasteiger partial charge is 0.384 e. The highest BCUT2D eigenvalue weighted by atomic mass is 16.5. The van der Waals surface area contributed by atoms with Gasteiger partial charge in [0.1, 0.15) is 0 Å². The Balaban J connectivity index is 1.68. The second-order valence-electron chi connectivity index (χ2n) is 12.3. The van der Waals surface area contributed by atoms with Crippen LogP contribution < -0.4 is 0 Å². The summed E-state index contributed by atoms with van der Waals surface area (Å²) in [6.45, 7) is 14.5. The Kier molecular flexibility index (Phi) is 10.8. The molecule has 2 heteroatoms. The van der Waals surface area contributed by atoms with E-state index in [2.05, 4.69) is 108 Å². The molecule has 0 aliphatic heterocycles. The predicted octanol–water partition coefficient (Wildman–Crippen LogP) is 9.99. The molecular weight excluding hydrogens is 486 g/mol. The maximum atomic E-state index is 5.64. The van der Waals surface area contributed by atoms with Crippen LogP contribution in [0.3, 0.4) is 0 Å². The van der Waals surface area contributed by atoms with E-state index in [1.54, 1.807) is 0 Å². The van der Waals surface area contributed by atoms with Gasteiger partial charge in [0.2, 0.25) is 0 Å². The van der Waals surface area contributed by atoms with Gasteiger partial charge in [-0.3, -0.25) is 4.99 Å². The second-order valence-corrected chi connectivity index (χ2v) is 12.3. The van der Waals surface area contributed by atoms with E-state index < -0.39 is 0 Å². The Morgan fingerprint density at radius 3 is 2.30 bits per heavy atom. The quantitative estimate of drug-likeness (QED) is 0.223. The van der Waals surface area contributed by atoms with Crippen molar-refractivity contribution in [3.05, 3.63) is 94.5 Å². The molecule has 2 nitrogen and oxygen atoms in total. The summed E-state index contributed by atoms with van der Waals surface area (Å²) in [5.41, 5.74) is 10.8. The van der Waals surface area contributed by atoms with E-state index in [-0.39, 0.29) is 0 Å². The number of nitrogens with zero attached hydrogens (tertiary/aromatic N) is 1.